The van der Waals surface area contributed by atoms with Crippen LogP contribution in [0.1, 0.15) is 31.7 Å². The Morgan fingerprint density at radius 3 is 1.16 bits per heavy atom. The molecule has 23 heteroatoms. The molecule has 0 saturated carbocycles. The standard InChI is InChI=1S/C9H11NO2.C5H9NO4.C4H7NO4.C3H7NO2S.C3H7NO2.C2H5NO2/c10-8(9(11)12)6-7-4-2-1-3-5-7;6-3(5(9)10)1-2-4(7)8;5-2(4(8)9)1-3(6)7;4-2(1-7)3(5)6;1-2(4)3(5)6;3-1-2(4)5/h1-5,8H,6,10H2,(H,11,12);3H,1-2,6H2,(H,7,8)(H,9,10);2H,1,5H2,(H,6,7)(H,8,9);2,7H,1,4H2,(H,5,6);2H,4H2,1H3,(H,5,6);1,3H2,(H,4,5)/t8-;3-;3*2-;/m00000./s1. The van der Waals surface area contributed by atoms with Gasteiger partial charge in [0.05, 0.1) is 13.0 Å². The normalized spacial score (nSPS) is 12.2. The van der Waals surface area contributed by atoms with Crippen LogP contribution in [0.3, 0.4) is 0 Å². The molecule has 0 amide bonds. The zero-order valence-electron chi connectivity index (χ0n) is 26.3. The highest BCUT2D eigenvalue weighted by Crippen LogP contribution is 2.01. The van der Waals surface area contributed by atoms with Gasteiger partial charge in [-0.25, -0.2) is 0 Å². The fraction of sp³-hybridized carbons (Fsp3) is 0.462. The van der Waals surface area contributed by atoms with Crippen LogP contribution in [0.5, 0.6) is 0 Å². The molecule has 0 aliphatic rings. The minimum atomic E-state index is -1.29. The smallest absolute Gasteiger partial charge is 0.321 e. The van der Waals surface area contributed by atoms with E-state index in [-0.39, 0.29) is 25.1 Å². The summed E-state index contributed by atoms with van der Waals surface area (Å²) in [6.45, 7) is 1.14. The van der Waals surface area contributed by atoms with Gasteiger partial charge in [0.2, 0.25) is 0 Å². The van der Waals surface area contributed by atoms with Gasteiger partial charge in [-0.1, -0.05) is 30.3 Å². The van der Waals surface area contributed by atoms with Crippen LogP contribution < -0.4 is 34.4 Å². The van der Waals surface area contributed by atoms with Crippen molar-refractivity contribution >= 4 is 60.4 Å². The van der Waals surface area contributed by atoms with Crippen LogP contribution in [0.2, 0.25) is 0 Å². The summed E-state index contributed by atoms with van der Waals surface area (Å²) in [7, 11) is 0. The summed E-state index contributed by atoms with van der Waals surface area (Å²) in [5, 5.41) is 64.3. The number of nitrogens with two attached hydrogens (primary N) is 6. The Kier molecular flexibility index (Phi) is 36.1. The van der Waals surface area contributed by atoms with Crippen LogP contribution >= 0.6 is 12.6 Å². The number of hydrogen-bond donors (Lipinski definition) is 15. The van der Waals surface area contributed by atoms with Crippen LogP contribution in [-0.4, -0.2) is 131 Å². The van der Waals surface area contributed by atoms with Crippen molar-refractivity contribution < 1.29 is 79.2 Å². The first-order valence-electron chi connectivity index (χ1n) is 13.3. The average molecular weight is 731 g/mol. The van der Waals surface area contributed by atoms with Gasteiger partial charge in [-0.2, -0.15) is 12.6 Å². The molecule has 0 aliphatic carbocycles. The summed E-state index contributed by atoms with van der Waals surface area (Å²) in [5.74, 6) is -8.40. The molecular formula is C26H46N6O16S. The monoisotopic (exact) mass is 730 g/mol. The van der Waals surface area contributed by atoms with Crippen molar-refractivity contribution in [2.24, 2.45) is 34.4 Å². The molecule has 282 valence electrons. The Morgan fingerprint density at radius 1 is 0.592 bits per heavy atom. The van der Waals surface area contributed by atoms with Crippen molar-refractivity contribution in [1.29, 1.82) is 0 Å². The molecule has 22 nitrogen and oxygen atoms in total. The molecular weight excluding hydrogens is 684 g/mol. The number of carbonyl (C=O) groups is 8. The number of benzene rings is 1. The van der Waals surface area contributed by atoms with E-state index >= 15 is 0 Å². The zero-order valence-corrected chi connectivity index (χ0v) is 27.2. The minimum Gasteiger partial charge on any atom is -0.481 e. The predicted molar refractivity (Wildman–Crippen MR) is 174 cm³/mol. The third kappa shape index (κ3) is 45.3. The van der Waals surface area contributed by atoms with E-state index in [2.05, 4.69) is 18.4 Å². The van der Waals surface area contributed by atoms with Crippen LogP contribution in [0.15, 0.2) is 30.3 Å². The Balaban J connectivity index is -0.000000162. The Hall–Kier alpha value is -4.91. The minimum absolute atomic E-state index is 0.0231. The van der Waals surface area contributed by atoms with Crippen LogP contribution in [0.25, 0.3) is 0 Å². The Bertz CT molecular complexity index is 1140. The molecule has 5 atom stereocenters. The summed E-state index contributed by atoms with van der Waals surface area (Å²) in [6.07, 6.45) is -0.371. The second kappa shape index (κ2) is 33.0. The lowest BCUT2D eigenvalue weighted by Gasteiger charge is -2.04. The van der Waals surface area contributed by atoms with Gasteiger partial charge in [-0.15, -0.1) is 0 Å². The number of thiol groups is 1. The van der Waals surface area contributed by atoms with Gasteiger partial charge in [-0.3, -0.25) is 38.4 Å². The van der Waals surface area contributed by atoms with Gasteiger partial charge in [0.25, 0.3) is 0 Å². The second-order valence-electron chi connectivity index (χ2n) is 8.91. The summed E-state index contributed by atoms with van der Waals surface area (Å²) in [4.78, 5) is 78.4. The molecule has 0 fully saturated rings. The number of carboxylic acids is 8. The second-order valence-corrected chi connectivity index (χ2v) is 9.27. The maximum atomic E-state index is 10.4. The fourth-order valence-electron chi connectivity index (χ4n) is 1.71. The fourth-order valence-corrected chi connectivity index (χ4v) is 1.87. The topological polar surface area (TPSA) is 455 Å². The maximum absolute atomic E-state index is 10.4. The molecule has 0 heterocycles. The lowest BCUT2D eigenvalue weighted by atomic mass is 10.1. The van der Waals surface area contributed by atoms with E-state index in [1.807, 2.05) is 30.3 Å². The van der Waals surface area contributed by atoms with E-state index in [0.717, 1.165) is 5.56 Å². The third-order valence-electron chi connectivity index (χ3n) is 4.39. The van der Waals surface area contributed by atoms with E-state index in [4.69, 9.17) is 69.5 Å². The molecule has 0 radical (unpaired) electrons. The van der Waals surface area contributed by atoms with E-state index in [0.29, 0.717) is 6.42 Å². The van der Waals surface area contributed by atoms with E-state index in [1.54, 1.807) is 0 Å². The molecule has 0 aromatic heterocycles. The number of hydrogen-bond acceptors (Lipinski definition) is 15. The summed E-state index contributed by atoms with van der Waals surface area (Å²) in [5.41, 5.74) is 30.5. The predicted octanol–water partition coefficient (Wildman–Crippen LogP) is -3.45. The summed E-state index contributed by atoms with van der Waals surface area (Å²) < 4.78 is 0. The van der Waals surface area contributed by atoms with Gasteiger partial charge in [-0.05, 0) is 25.3 Å². The number of rotatable bonds is 14. The number of carboxylic acid groups (broad SMARTS) is 8. The van der Waals surface area contributed by atoms with Crippen LogP contribution in [0, 0.1) is 0 Å². The molecule has 49 heavy (non-hydrogen) atoms. The van der Waals surface area contributed by atoms with Crippen LogP contribution in [-0.2, 0) is 44.8 Å². The van der Waals surface area contributed by atoms with Crippen molar-refractivity contribution in [3.8, 4) is 0 Å². The first-order valence-corrected chi connectivity index (χ1v) is 13.9. The molecule has 0 spiro atoms. The maximum Gasteiger partial charge on any atom is 0.321 e. The highest BCUT2D eigenvalue weighted by molar-refractivity contribution is 7.80. The lowest BCUT2D eigenvalue weighted by molar-refractivity contribution is -0.144. The molecule has 1 aromatic rings. The molecule has 20 N–H and O–H groups in total. The first kappa shape index (κ1) is 53.6. The van der Waals surface area contributed by atoms with Gasteiger partial charge < -0.3 is 75.3 Å². The SMILES string of the molecule is C[C@H](N)C(=O)O.NCC(=O)O.N[C@@H](CC(=O)O)C(=O)O.N[C@@H](CCC(=O)O)C(=O)O.N[C@@H](CS)C(=O)O.N[C@@H](Cc1ccccc1)C(=O)O. The van der Waals surface area contributed by atoms with Gasteiger partial charge in [0.1, 0.15) is 30.2 Å². The Morgan fingerprint density at radius 2 is 0.959 bits per heavy atom. The highest BCUT2D eigenvalue weighted by Gasteiger charge is 2.15. The van der Waals surface area contributed by atoms with Crippen molar-refractivity contribution in [3.63, 3.8) is 0 Å². The van der Waals surface area contributed by atoms with Crippen molar-refractivity contribution in [3.05, 3.63) is 35.9 Å². The highest BCUT2D eigenvalue weighted by atomic mass is 32.1. The third-order valence-corrected chi connectivity index (χ3v) is 4.79. The van der Waals surface area contributed by atoms with E-state index in [1.165, 1.54) is 6.92 Å². The molecule has 0 saturated heterocycles. The van der Waals surface area contributed by atoms with E-state index < -0.39 is 84.4 Å². The van der Waals surface area contributed by atoms with Crippen molar-refractivity contribution in [1.82, 2.24) is 0 Å². The molecule has 0 unspecified atom stereocenters. The first-order chi connectivity index (χ1) is 22.4. The zero-order chi connectivity index (χ0) is 39.9. The van der Waals surface area contributed by atoms with Crippen molar-refractivity contribution in [2.45, 2.75) is 62.8 Å². The summed E-state index contributed by atoms with van der Waals surface area (Å²) in [6, 6.07) is 4.65. The van der Waals surface area contributed by atoms with Gasteiger partial charge in [0.15, 0.2) is 0 Å². The quantitative estimate of drug-likeness (QED) is 0.0827. The van der Waals surface area contributed by atoms with Gasteiger partial charge in [0, 0.05) is 12.2 Å². The molecule has 1 rings (SSSR count). The molecule has 0 aliphatic heterocycles. The Labute approximate surface area is 285 Å². The van der Waals surface area contributed by atoms with Crippen LogP contribution in [0.4, 0.5) is 0 Å². The van der Waals surface area contributed by atoms with E-state index in [9.17, 15) is 38.4 Å². The van der Waals surface area contributed by atoms with Crippen molar-refractivity contribution in [2.75, 3.05) is 12.3 Å². The lowest BCUT2D eigenvalue weighted by Crippen LogP contribution is -2.32. The molecule has 0 bridgehead atoms. The summed E-state index contributed by atoms with van der Waals surface area (Å²) >= 11 is 3.65. The number of aliphatic carboxylic acids is 8. The van der Waals surface area contributed by atoms with Gasteiger partial charge >= 0.3 is 47.8 Å². The molecule has 1 aromatic carbocycles. The largest absolute Gasteiger partial charge is 0.481 e. The average Bonchev–Trinajstić information content (AvgIpc) is 3.00.